The van der Waals surface area contributed by atoms with Crippen molar-refractivity contribution in [3.63, 3.8) is 0 Å². The van der Waals surface area contributed by atoms with Gasteiger partial charge in [-0.2, -0.15) is 0 Å². The van der Waals surface area contributed by atoms with Crippen LogP contribution in [0.5, 0.6) is 0 Å². The Kier molecular flexibility index (Phi) is 5.40. The first-order valence-corrected chi connectivity index (χ1v) is 6.92. The lowest BCUT2D eigenvalue weighted by Gasteiger charge is -2.10. The lowest BCUT2D eigenvalue weighted by Crippen LogP contribution is -2.13. The number of benzene rings is 1. The van der Waals surface area contributed by atoms with E-state index in [2.05, 4.69) is 5.32 Å². The monoisotopic (exact) mass is 288 g/mol. The van der Waals surface area contributed by atoms with E-state index in [4.69, 9.17) is 14.9 Å². The number of carbonyl (C=O) groups excluding carboxylic acids is 1. The number of hydrogen-bond acceptors (Lipinski definition) is 4. The summed E-state index contributed by atoms with van der Waals surface area (Å²) in [4.78, 5) is 11.8. The number of ether oxygens (including phenoxy) is 1. The van der Waals surface area contributed by atoms with Gasteiger partial charge in [-0.15, -0.1) is 0 Å². The number of hydrogen-bond donors (Lipinski definition) is 2. The second-order valence-corrected chi connectivity index (χ2v) is 4.80. The summed E-state index contributed by atoms with van der Waals surface area (Å²) < 4.78 is 10.6. The molecule has 1 aromatic carbocycles. The summed E-state index contributed by atoms with van der Waals surface area (Å²) in [6.45, 7) is 2.84. The van der Waals surface area contributed by atoms with Crippen molar-refractivity contribution in [3.8, 4) is 0 Å². The highest BCUT2D eigenvalue weighted by molar-refractivity contribution is 5.92. The Hall–Kier alpha value is -2.27. The highest BCUT2D eigenvalue weighted by Gasteiger charge is 2.06. The van der Waals surface area contributed by atoms with Crippen molar-refractivity contribution < 1.29 is 13.9 Å². The zero-order chi connectivity index (χ0) is 15.1. The van der Waals surface area contributed by atoms with Crippen molar-refractivity contribution in [3.05, 3.63) is 47.9 Å². The highest BCUT2D eigenvalue weighted by atomic mass is 16.5. The summed E-state index contributed by atoms with van der Waals surface area (Å²) in [5.74, 6) is 0.750. The normalized spacial score (nSPS) is 10.5. The maximum absolute atomic E-state index is 11.8. The molecule has 112 valence electrons. The molecule has 1 heterocycles. The molecule has 0 atom stereocenters. The third-order valence-corrected chi connectivity index (χ3v) is 3.17. The Morgan fingerprint density at radius 1 is 1.33 bits per heavy atom. The molecule has 0 spiro atoms. The summed E-state index contributed by atoms with van der Waals surface area (Å²) in [6, 6.07) is 9.16. The molecule has 0 bridgehead atoms. The molecule has 0 aliphatic carbocycles. The van der Waals surface area contributed by atoms with Gasteiger partial charge in [-0.1, -0.05) is 6.07 Å². The first-order chi connectivity index (χ1) is 10.2. The van der Waals surface area contributed by atoms with Gasteiger partial charge in [0.2, 0.25) is 5.91 Å². The van der Waals surface area contributed by atoms with Gasteiger partial charge in [-0.3, -0.25) is 4.79 Å². The van der Waals surface area contributed by atoms with Crippen molar-refractivity contribution in [1.29, 1.82) is 0 Å². The Labute approximate surface area is 124 Å². The van der Waals surface area contributed by atoms with Gasteiger partial charge in [-0.05, 0) is 43.2 Å². The molecular formula is C16H20N2O3. The molecule has 0 aliphatic rings. The largest absolute Gasteiger partial charge is 0.467 e. The minimum Gasteiger partial charge on any atom is -0.467 e. The molecule has 0 fully saturated rings. The summed E-state index contributed by atoms with van der Waals surface area (Å²) in [5.41, 5.74) is 8.13. The Bertz CT molecular complexity index is 579. The molecule has 1 amide bonds. The van der Waals surface area contributed by atoms with Gasteiger partial charge < -0.3 is 20.2 Å². The molecular weight excluding hydrogens is 268 g/mol. The number of anilines is 2. The van der Waals surface area contributed by atoms with Gasteiger partial charge in [0.25, 0.3) is 0 Å². The number of furan rings is 1. The lowest BCUT2D eigenvalue weighted by atomic mass is 10.1. The summed E-state index contributed by atoms with van der Waals surface area (Å²) >= 11 is 0. The fourth-order valence-electron chi connectivity index (χ4n) is 1.90. The van der Waals surface area contributed by atoms with Crippen LogP contribution in [0, 0.1) is 6.92 Å². The number of carbonyl (C=O) groups is 1. The minimum atomic E-state index is -0.0368. The van der Waals surface area contributed by atoms with Gasteiger partial charge in [0, 0.05) is 24.4 Å². The molecule has 5 heteroatoms. The quantitative estimate of drug-likeness (QED) is 0.606. The van der Waals surface area contributed by atoms with Crippen LogP contribution in [0.1, 0.15) is 24.2 Å². The third-order valence-electron chi connectivity index (χ3n) is 3.17. The van der Waals surface area contributed by atoms with E-state index < -0.39 is 0 Å². The van der Waals surface area contributed by atoms with Crippen LogP contribution in [-0.2, 0) is 16.1 Å². The lowest BCUT2D eigenvalue weighted by molar-refractivity contribution is -0.116. The van der Waals surface area contributed by atoms with Gasteiger partial charge in [0.15, 0.2) is 0 Å². The molecule has 21 heavy (non-hydrogen) atoms. The van der Waals surface area contributed by atoms with Gasteiger partial charge >= 0.3 is 0 Å². The first kappa shape index (κ1) is 15.1. The second-order valence-electron chi connectivity index (χ2n) is 4.80. The number of amides is 1. The van der Waals surface area contributed by atoms with E-state index in [9.17, 15) is 4.79 Å². The number of nitrogens with two attached hydrogens (primary N) is 1. The molecule has 0 unspecified atom stereocenters. The van der Waals surface area contributed by atoms with Gasteiger partial charge in [0.1, 0.15) is 12.4 Å². The van der Waals surface area contributed by atoms with E-state index in [0.717, 1.165) is 17.0 Å². The third kappa shape index (κ3) is 4.65. The topological polar surface area (TPSA) is 77.5 Å². The molecule has 3 N–H and O–H groups in total. The smallest absolute Gasteiger partial charge is 0.224 e. The Morgan fingerprint density at radius 3 is 2.95 bits per heavy atom. The van der Waals surface area contributed by atoms with E-state index >= 15 is 0 Å². The fraction of sp³-hybridized carbons (Fsp3) is 0.312. The van der Waals surface area contributed by atoms with Crippen LogP contribution in [0.25, 0.3) is 0 Å². The summed E-state index contributed by atoms with van der Waals surface area (Å²) in [7, 11) is 0. The maximum Gasteiger partial charge on any atom is 0.224 e. The van der Waals surface area contributed by atoms with Crippen LogP contribution in [-0.4, -0.2) is 12.5 Å². The molecule has 1 aromatic heterocycles. The van der Waals surface area contributed by atoms with Crippen molar-refractivity contribution in [2.45, 2.75) is 26.4 Å². The highest BCUT2D eigenvalue weighted by Crippen LogP contribution is 2.20. The van der Waals surface area contributed by atoms with E-state index in [-0.39, 0.29) is 5.91 Å². The van der Waals surface area contributed by atoms with Crippen LogP contribution in [0.4, 0.5) is 11.4 Å². The predicted molar refractivity (Wildman–Crippen MR) is 81.8 cm³/mol. The standard InChI is InChI=1S/C16H20N2O3/c1-12-14(17)6-2-7-15(12)18-16(19)8-4-9-20-11-13-5-3-10-21-13/h2-3,5-7,10H,4,8-9,11,17H2,1H3,(H,18,19). The molecule has 0 aliphatic heterocycles. The van der Waals surface area contributed by atoms with E-state index in [1.807, 2.05) is 37.3 Å². The molecule has 0 radical (unpaired) electrons. The van der Waals surface area contributed by atoms with Crippen LogP contribution in [0.3, 0.4) is 0 Å². The molecule has 2 rings (SSSR count). The zero-order valence-electron chi connectivity index (χ0n) is 12.1. The molecule has 5 nitrogen and oxygen atoms in total. The Balaban J connectivity index is 1.66. The van der Waals surface area contributed by atoms with Crippen LogP contribution in [0.15, 0.2) is 41.0 Å². The number of nitrogens with one attached hydrogen (secondary N) is 1. The summed E-state index contributed by atoms with van der Waals surface area (Å²) in [5, 5.41) is 2.86. The molecule has 0 saturated carbocycles. The van der Waals surface area contributed by atoms with Crippen molar-refractivity contribution in [2.24, 2.45) is 0 Å². The van der Waals surface area contributed by atoms with Crippen molar-refractivity contribution in [2.75, 3.05) is 17.7 Å². The Morgan fingerprint density at radius 2 is 2.19 bits per heavy atom. The summed E-state index contributed by atoms with van der Waals surface area (Å²) in [6.07, 6.45) is 2.68. The van der Waals surface area contributed by atoms with Crippen molar-refractivity contribution in [1.82, 2.24) is 0 Å². The first-order valence-electron chi connectivity index (χ1n) is 6.92. The van der Waals surface area contributed by atoms with Gasteiger partial charge in [-0.25, -0.2) is 0 Å². The van der Waals surface area contributed by atoms with E-state index in [0.29, 0.717) is 31.7 Å². The van der Waals surface area contributed by atoms with Crippen LogP contribution in [0.2, 0.25) is 0 Å². The molecule has 0 saturated heterocycles. The van der Waals surface area contributed by atoms with E-state index in [1.165, 1.54) is 0 Å². The average molecular weight is 288 g/mol. The maximum atomic E-state index is 11.8. The number of nitrogen functional groups attached to an aromatic ring is 1. The second kappa shape index (κ2) is 7.50. The molecule has 2 aromatic rings. The number of rotatable bonds is 7. The predicted octanol–water partition coefficient (Wildman–Crippen LogP) is 3.11. The van der Waals surface area contributed by atoms with Gasteiger partial charge in [0.05, 0.1) is 6.26 Å². The fourth-order valence-corrected chi connectivity index (χ4v) is 1.90. The average Bonchev–Trinajstić information content (AvgIpc) is 2.97. The minimum absolute atomic E-state index is 0.0368. The van der Waals surface area contributed by atoms with Crippen LogP contribution >= 0.6 is 0 Å². The SMILES string of the molecule is Cc1c(N)cccc1NC(=O)CCCOCc1ccco1. The van der Waals surface area contributed by atoms with Crippen molar-refractivity contribution >= 4 is 17.3 Å². The van der Waals surface area contributed by atoms with E-state index in [1.54, 1.807) is 6.26 Å². The zero-order valence-corrected chi connectivity index (χ0v) is 12.1. The van der Waals surface area contributed by atoms with Crippen LogP contribution < -0.4 is 11.1 Å².